The van der Waals surface area contributed by atoms with Crippen LogP contribution in [0.25, 0.3) is 0 Å². The molecule has 0 saturated carbocycles. The number of amides is 1. The van der Waals surface area contributed by atoms with E-state index in [0.717, 1.165) is 48.6 Å². The van der Waals surface area contributed by atoms with E-state index in [1.54, 1.807) is 6.92 Å². The third kappa shape index (κ3) is 11.7. The fourth-order valence-corrected chi connectivity index (χ4v) is 4.58. The summed E-state index contributed by atoms with van der Waals surface area (Å²) in [5.74, 6) is 5.49. The van der Waals surface area contributed by atoms with E-state index in [-0.39, 0.29) is 13.3 Å². The number of nitrogens with zero attached hydrogens (tertiary/aromatic N) is 3. The molecule has 31 heavy (non-hydrogen) atoms. The Kier molecular flexibility index (Phi) is 15.0. The van der Waals surface area contributed by atoms with E-state index >= 15 is 0 Å². The third-order valence-electron chi connectivity index (χ3n) is 7.71. The van der Waals surface area contributed by atoms with Crippen molar-refractivity contribution in [1.82, 2.24) is 14.7 Å². The van der Waals surface area contributed by atoms with Gasteiger partial charge in [-0.05, 0) is 101 Å². The summed E-state index contributed by atoms with van der Waals surface area (Å²) in [6, 6.07) is 0. The summed E-state index contributed by atoms with van der Waals surface area (Å²) in [6.07, 6.45) is 5.64. The standard InChI is InChI=1S/2C9H19N.C8H15NO.CH4/c2*1-8(2)9-4-6-10(3)7-5-9;1-6(2)8-4-9(5-8)7(3)10;/h2*8-9H,4-7H2,1-3H3;6,8H,4-5H2,1-3H3;1H4. The lowest BCUT2D eigenvalue weighted by atomic mass is 9.87. The average Bonchev–Trinajstić information content (AvgIpc) is 2.61. The lowest BCUT2D eigenvalue weighted by molar-refractivity contribution is -0.136. The summed E-state index contributed by atoms with van der Waals surface area (Å²) >= 11 is 0. The van der Waals surface area contributed by atoms with Gasteiger partial charge in [-0.2, -0.15) is 0 Å². The second-order valence-corrected chi connectivity index (χ2v) is 11.2. The van der Waals surface area contributed by atoms with Gasteiger partial charge in [0.15, 0.2) is 0 Å². The second kappa shape index (κ2) is 15.3. The Labute approximate surface area is 196 Å². The molecular weight excluding hydrogens is 382 g/mol. The van der Waals surface area contributed by atoms with Gasteiger partial charge in [0, 0.05) is 20.0 Å². The minimum absolute atomic E-state index is 0. The molecule has 0 N–H and O–H groups in total. The molecule has 0 atom stereocenters. The van der Waals surface area contributed by atoms with Gasteiger partial charge in [0.1, 0.15) is 0 Å². The minimum atomic E-state index is 0. The van der Waals surface area contributed by atoms with Crippen LogP contribution < -0.4 is 0 Å². The highest BCUT2D eigenvalue weighted by Gasteiger charge is 2.30. The first-order chi connectivity index (χ1) is 14.0. The highest BCUT2D eigenvalue weighted by molar-refractivity contribution is 5.74. The Balaban J connectivity index is 0.000000429. The van der Waals surface area contributed by atoms with Gasteiger partial charge in [-0.1, -0.05) is 49.0 Å². The van der Waals surface area contributed by atoms with E-state index in [1.807, 2.05) is 4.90 Å². The molecular formula is C27H57N3O. The lowest BCUT2D eigenvalue weighted by Crippen LogP contribution is -2.50. The van der Waals surface area contributed by atoms with Gasteiger partial charge in [0.05, 0.1) is 0 Å². The summed E-state index contributed by atoms with van der Waals surface area (Å²) in [4.78, 5) is 17.5. The Morgan fingerprint density at radius 2 is 0.935 bits per heavy atom. The van der Waals surface area contributed by atoms with Crippen molar-refractivity contribution in [2.75, 3.05) is 53.4 Å². The van der Waals surface area contributed by atoms with Crippen LogP contribution in [0.5, 0.6) is 0 Å². The van der Waals surface area contributed by atoms with Crippen LogP contribution in [0.15, 0.2) is 0 Å². The monoisotopic (exact) mass is 439 g/mol. The van der Waals surface area contributed by atoms with Crippen molar-refractivity contribution < 1.29 is 4.79 Å². The Hall–Kier alpha value is -0.610. The second-order valence-electron chi connectivity index (χ2n) is 11.2. The predicted molar refractivity (Wildman–Crippen MR) is 137 cm³/mol. The fraction of sp³-hybridized carbons (Fsp3) is 0.963. The van der Waals surface area contributed by atoms with Gasteiger partial charge in [0.2, 0.25) is 5.91 Å². The number of likely N-dealkylation sites (tertiary alicyclic amines) is 3. The molecule has 0 aliphatic carbocycles. The van der Waals surface area contributed by atoms with Crippen molar-refractivity contribution in [2.24, 2.45) is 35.5 Å². The summed E-state index contributed by atoms with van der Waals surface area (Å²) in [5, 5.41) is 0. The van der Waals surface area contributed by atoms with Crippen molar-refractivity contribution in [2.45, 2.75) is 81.6 Å². The number of carbonyl (C=O) groups excluding carboxylic acids is 1. The first-order valence-corrected chi connectivity index (χ1v) is 12.6. The number of hydrogen-bond donors (Lipinski definition) is 0. The van der Waals surface area contributed by atoms with Gasteiger partial charge in [-0.15, -0.1) is 0 Å². The molecule has 1 amide bonds. The van der Waals surface area contributed by atoms with Crippen LogP contribution in [-0.4, -0.2) is 74.0 Å². The molecule has 3 aliphatic heterocycles. The maximum Gasteiger partial charge on any atom is 0.219 e. The van der Waals surface area contributed by atoms with Crippen molar-refractivity contribution in [1.29, 1.82) is 0 Å². The molecule has 3 heterocycles. The fourth-order valence-electron chi connectivity index (χ4n) is 4.58. The molecule has 4 nitrogen and oxygen atoms in total. The Morgan fingerprint density at radius 1 is 0.645 bits per heavy atom. The van der Waals surface area contributed by atoms with Crippen LogP contribution in [0, 0.1) is 35.5 Å². The highest BCUT2D eigenvalue weighted by Crippen LogP contribution is 2.24. The van der Waals surface area contributed by atoms with E-state index in [9.17, 15) is 4.79 Å². The molecule has 0 aromatic heterocycles. The van der Waals surface area contributed by atoms with Crippen LogP contribution >= 0.6 is 0 Å². The first-order valence-electron chi connectivity index (χ1n) is 12.6. The molecule has 0 radical (unpaired) electrons. The van der Waals surface area contributed by atoms with Crippen molar-refractivity contribution in [3.63, 3.8) is 0 Å². The van der Waals surface area contributed by atoms with E-state index in [4.69, 9.17) is 0 Å². The van der Waals surface area contributed by atoms with E-state index in [2.05, 4.69) is 65.4 Å². The van der Waals surface area contributed by atoms with Gasteiger partial charge in [0.25, 0.3) is 0 Å². The van der Waals surface area contributed by atoms with Crippen LogP contribution in [0.3, 0.4) is 0 Å². The topological polar surface area (TPSA) is 26.8 Å². The molecule has 0 spiro atoms. The van der Waals surface area contributed by atoms with Crippen LogP contribution in [-0.2, 0) is 4.79 Å². The number of piperidine rings is 2. The Morgan fingerprint density at radius 3 is 1.16 bits per heavy atom. The molecule has 186 valence electrons. The molecule has 4 heteroatoms. The largest absolute Gasteiger partial charge is 0.342 e. The van der Waals surface area contributed by atoms with Gasteiger partial charge < -0.3 is 14.7 Å². The van der Waals surface area contributed by atoms with Gasteiger partial charge >= 0.3 is 0 Å². The Bertz CT molecular complexity index is 429. The number of carbonyl (C=O) groups is 1. The molecule has 3 fully saturated rings. The van der Waals surface area contributed by atoms with Crippen molar-refractivity contribution in [3.05, 3.63) is 0 Å². The molecule has 0 bridgehead atoms. The highest BCUT2D eigenvalue weighted by atomic mass is 16.2. The zero-order chi connectivity index (χ0) is 22.8. The molecule has 3 saturated heterocycles. The number of rotatable bonds is 3. The average molecular weight is 440 g/mol. The summed E-state index contributed by atoms with van der Waals surface area (Å²) in [5.41, 5.74) is 0. The summed E-state index contributed by atoms with van der Waals surface area (Å²) < 4.78 is 0. The molecule has 3 aliphatic rings. The zero-order valence-electron chi connectivity index (χ0n) is 21.8. The van der Waals surface area contributed by atoms with Crippen LogP contribution in [0.4, 0.5) is 0 Å². The summed E-state index contributed by atoms with van der Waals surface area (Å²) in [7, 11) is 4.44. The number of hydrogen-bond acceptors (Lipinski definition) is 3. The third-order valence-corrected chi connectivity index (χ3v) is 7.71. The van der Waals surface area contributed by atoms with Crippen molar-refractivity contribution in [3.8, 4) is 0 Å². The normalized spacial score (nSPS) is 21.7. The van der Waals surface area contributed by atoms with E-state index < -0.39 is 0 Å². The molecule has 0 aromatic carbocycles. The van der Waals surface area contributed by atoms with Gasteiger partial charge in [-0.3, -0.25) is 4.79 Å². The smallest absolute Gasteiger partial charge is 0.219 e. The van der Waals surface area contributed by atoms with Crippen molar-refractivity contribution >= 4 is 5.91 Å². The quantitative estimate of drug-likeness (QED) is 0.562. The molecule has 3 rings (SSSR count). The maximum atomic E-state index is 10.7. The van der Waals surface area contributed by atoms with E-state index in [0.29, 0.717) is 0 Å². The minimum Gasteiger partial charge on any atom is -0.342 e. The van der Waals surface area contributed by atoms with Gasteiger partial charge in [-0.25, -0.2) is 0 Å². The first kappa shape index (κ1) is 30.4. The maximum absolute atomic E-state index is 10.7. The van der Waals surface area contributed by atoms with Crippen LogP contribution in [0.1, 0.15) is 81.6 Å². The zero-order valence-corrected chi connectivity index (χ0v) is 21.8. The summed E-state index contributed by atoms with van der Waals surface area (Å²) in [6.45, 7) is 22.6. The van der Waals surface area contributed by atoms with Crippen LogP contribution in [0.2, 0.25) is 0 Å². The van der Waals surface area contributed by atoms with E-state index in [1.165, 1.54) is 51.9 Å². The molecule has 0 unspecified atom stereocenters. The predicted octanol–water partition coefficient (Wildman–Crippen LogP) is 5.73. The SMILES string of the molecule is C.CC(=O)N1CC(C(C)C)C1.CC(C)C1CCN(C)CC1.CC(C)C1CCN(C)CC1. The lowest BCUT2D eigenvalue weighted by Gasteiger charge is -2.41. The molecule has 0 aromatic rings.